The minimum atomic E-state index is -0.810. The van der Waals surface area contributed by atoms with Crippen LogP contribution in [0.2, 0.25) is 0 Å². The summed E-state index contributed by atoms with van der Waals surface area (Å²) in [4.78, 5) is 40.9. The van der Waals surface area contributed by atoms with E-state index in [2.05, 4.69) is 18.7 Å². The van der Waals surface area contributed by atoms with Gasteiger partial charge in [-0.25, -0.2) is 9.59 Å². The topological polar surface area (TPSA) is 99.2 Å². The molecule has 0 atom stereocenters. The lowest BCUT2D eigenvalue weighted by atomic mass is 10.0. The summed E-state index contributed by atoms with van der Waals surface area (Å²) < 4.78 is 22.5. The van der Waals surface area contributed by atoms with E-state index in [1.165, 1.54) is 12.1 Å². The van der Waals surface area contributed by atoms with Crippen molar-refractivity contribution in [2.24, 2.45) is 0 Å². The number of rotatable bonds is 15. The van der Waals surface area contributed by atoms with Gasteiger partial charge in [-0.05, 0) is 55.7 Å². The summed E-state index contributed by atoms with van der Waals surface area (Å²) in [5, 5.41) is 1.17. The molecule has 0 saturated carbocycles. The first kappa shape index (κ1) is 29.2. The molecule has 2 aromatic carbocycles. The molecule has 40 heavy (non-hydrogen) atoms. The highest BCUT2D eigenvalue weighted by molar-refractivity contribution is 6.10. The van der Waals surface area contributed by atoms with Crippen molar-refractivity contribution in [3.63, 3.8) is 0 Å². The lowest BCUT2D eigenvalue weighted by Gasteiger charge is -2.25. The highest BCUT2D eigenvalue weighted by atomic mass is 16.5. The molecule has 0 N–H and O–H groups in total. The highest BCUT2D eigenvalue weighted by Crippen LogP contribution is 2.23. The Balaban J connectivity index is 1.58. The largest absolute Gasteiger partial charge is 0.422 e. The van der Waals surface area contributed by atoms with Crippen molar-refractivity contribution in [2.45, 2.75) is 46.5 Å². The third-order valence-electron chi connectivity index (χ3n) is 6.76. The van der Waals surface area contributed by atoms with Crippen LogP contribution in [0.5, 0.6) is 0 Å². The molecule has 0 fully saturated rings. The molecule has 4 aromatic rings. The average Bonchev–Trinajstić information content (AvgIpc) is 2.94. The number of fused-ring (bicyclic) bond motifs is 2. The third kappa shape index (κ3) is 7.25. The van der Waals surface area contributed by atoms with Crippen LogP contribution in [0.4, 0.5) is 5.69 Å². The molecule has 0 spiro atoms. The summed E-state index contributed by atoms with van der Waals surface area (Å²) in [5.41, 5.74) is 0.488. The molecule has 0 saturated heterocycles. The first-order valence-corrected chi connectivity index (χ1v) is 14.0. The molecule has 8 heteroatoms. The van der Waals surface area contributed by atoms with Crippen LogP contribution >= 0.6 is 0 Å². The number of unbranched alkanes of at least 4 members (excludes halogenated alkanes) is 2. The number of carbonyl (C=O) groups excluding carboxylic acids is 1. The summed E-state index contributed by atoms with van der Waals surface area (Å²) in [6, 6.07) is 13.8. The van der Waals surface area contributed by atoms with Crippen LogP contribution in [0.1, 0.15) is 61.0 Å². The van der Waals surface area contributed by atoms with Gasteiger partial charge in [0.2, 0.25) is 5.78 Å². The second kappa shape index (κ2) is 14.1. The average molecular weight is 548 g/mol. The van der Waals surface area contributed by atoms with E-state index in [9.17, 15) is 14.4 Å². The van der Waals surface area contributed by atoms with Crippen molar-refractivity contribution in [1.29, 1.82) is 0 Å². The second-order valence-corrected chi connectivity index (χ2v) is 9.91. The molecule has 4 rings (SSSR count). The Morgan fingerprint density at radius 3 is 1.80 bits per heavy atom. The van der Waals surface area contributed by atoms with Crippen molar-refractivity contribution >= 4 is 33.4 Å². The number of hydrogen-bond acceptors (Lipinski definition) is 8. The minimum absolute atomic E-state index is 0.211. The Bertz CT molecular complexity index is 1560. The van der Waals surface area contributed by atoms with Gasteiger partial charge in [-0.2, -0.15) is 0 Å². The van der Waals surface area contributed by atoms with Crippen molar-refractivity contribution in [1.82, 2.24) is 0 Å². The predicted octanol–water partition coefficient (Wildman–Crippen LogP) is 5.88. The molecule has 0 aliphatic heterocycles. The molecule has 2 heterocycles. The van der Waals surface area contributed by atoms with E-state index in [-0.39, 0.29) is 11.1 Å². The van der Waals surface area contributed by atoms with E-state index >= 15 is 0 Å². The van der Waals surface area contributed by atoms with E-state index in [0.717, 1.165) is 50.1 Å². The normalized spacial score (nSPS) is 11.4. The smallest absolute Gasteiger partial charge is 0.347 e. The van der Waals surface area contributed by atoms with Crippen LogP contribution in [0.15, 0.2) is 67.0 Å². The molecule has 0 unspecified atom stereocenters. The quantitative estimate of drug-likeness (QED) is 0.103. The number of carbonyl (C=O) groups is 1. The summed E-state index contributed by atoms with van der Waals surface area (Å²) in [5.74, 6) is -0.731. The number of benzene rings is 2. The fraction of sp³-hybridized carbons (Fsp3) is 0.406. The zero-order chi connectivity index (χ0) is 28.5. The Morgan fingerprint density at radius 2 is 1.25 bits per heavy atom. The Kier molecular flexibility index (Phi) is 10.3. The molecule has 212 valence electrons. The Labute approximate surface area is 233 Å². The molecule has 0 aliphatic rings. The number of ether oxygens (including phenoxy) is 2. The van der Waals surface area contributed by atoms with Crippen LogP contribution in [0, 0.1) is 6.92 Å². The van der Waals surface area contributed by atoms with Gasteiger partial charge in [0.05, 0.1) is 13.2 Å². The van der Waals surface area contributed by atoms with E-state index in [1.54, 1.807) is 24.3 Å². The van der Waals surface area contributed by atoms with Crippen molar-refractivity contribution < 1.29 is 23.1 Å². The van der Waals surface area contributed by atoms with E-state index in [1.807, 2.05) is 19.1 Å². The summed E-state index contributed by atoms with van der Waals surface area (Å²) >= 11 is 0. The van der Waals surface area contributed by atoms with Gasteiger partial charge < -0.3 is 23.2 Å². The lowest BCUT2D eigenvalue weighted by molar-refractivity contribution is 0.103. The Hall–Kier alpha value is -3.75. The minimum Gasteiger partial charge on any atom is -0.422 e. The fourth-order valence-electron chi connectivity index (χ4n) is 4.39. The van der Waals surface area contributed by atoms with Gasteiger partial charge in [0, 0.05) is 48.8 Å². The third-order valence-corrected chi connectivity index (χ3v) is 6.76. The number of anilines is 1. The van der Waals surface area contributed by atoms with Gasteiger partial charge in [0.25, 0.3) is 0 Å². The summed E-state index contributed by atoms with van der Waals surface area (Å²) in [7, 11) is 0. The number of ketones is 1. The van der Waals surface area contributed by atoms with Crippen LogP contribution in [-0.2, 0) is 9.47 Å². The first-order valence-electron chi connectivity index (χ1n) is 14.0. The van der Waals surface area contributed by atoms with E-state index in [4.69, 9.17) is 18.3 Å². The molecule has 2 aromatic heterocycles. The maximum absolute atomic E-state index is 13.2. The lowest BCUT2D eigenvalue weighted by Crippen LogP contribution is -2.31. The van der Waals surface area contributed by atoms with Crippen LogP contribution in [0.3, 0.4) is 0 Å². The van der Waals surface area contributed by atoms with Gasteiger partial charge in [0.15, 0.2) is 0 Å². The van der Waals surface area contributed by atoms with Crippen LogP contribution < -0.4 is 16.2 Å². The number of hydrogen-bond donors (Lipinski definition) is 0. The maximum Gasteiger partial charge on any atom is 0.347 e. The van der Waals surface area contributed by atoms with Gasteiger partial charge >= 0.3 is 11.3 Å². The SMILES string of the molecule is CCCCOCCN(CCOCCCC)c1ccc2cc(C(=O)c3cc4ccc(C)cc4oc3=O)c(=O)oc2c1. The first-order chi connectivity index (χ1) is 19.4. The maximum atomic E-state index is 13.2. The van der Waals surface area contributed by atoms with Crippen LogP contribution in [-0.4, -0.2) is 45.3 Å². The number of nitrogens with zero attached hydrogens (tertiary/aromatic N) is 1. The molecule has 0 radical (unpaired) electrons. The van der Waals surface area contributed by atoms with E-state index in [0.29, 0.717) is 48.2 Å². The van der Waals surface area contributed by atoms with Crippen molar-refractivity contribution in [3.8, 4) is 0 Å². The summed E-state index contributed by atoms with van der Waals surface area (Å²) in [6.07, 6.45) is 4.19. The zero-order valence-corrected chi connectivity index (χ0v) is 23.5. The van der Waals surface area contributed by atoms with Crippen LogP contribution in [0.25, 0.3) is 21.9 Å². The second-order valence-electron chi connectivity index (χ2n) is 9.91. The van der Waals surface area contributed by atoms with Gasteiger partial charge in [0.1, 0.15) is 22.3 Å². The predicted molar refractivity (Wildman–Crippen MR) is 157 cm³/mol. The molecular formula is C32H37NO7. The zero-order valence-electron chi connectivity index (χ0n) is 23.5. The molecule has 0 amide bonds. The molecule has 0 aliphatic carbocycles. The molecular weight excluding hydrogens is 510 g/mol. The van der Waals surface area contributed by atoms with E-state index < -0.39 is 17.0 Å². The van der Waals surface area contributed by atoms with Gasteiger partial charge in [-0.3, -0.25) is 4.79 Å². The summed E-state index contributed by atoms with van der Waals surface area (Å²) in [6.45, 7) is 10.0. The fourth-order valence-corrected chi connectivity index (χ4v) is 4.39. The van der Waals surface area contributed by atoms with Crippen molar-refractivity contribution in [2.75, 3.05) is 44.4 Å². The molecule has 0 bridgehead atoms. The standard InChI is InChI=1S/C32H37NO7/c1-4-6-14-37-16-12-33(13-17-38-15-7-5-2)25-11-10-24-20-27(32(36)40-29(24)21-25)30(34)26-19-23-9-8-22(3)18-28(23)39-31(26)35/h8-11,18-21H,4-7,12-17H2,1-3H3. The molecule has 8 nitrogen and oxygen atoms in total. The van der Waals surface area contributed by atoms with Gasteiger partial charge in [-0.1, -0.05) is 38.8 Å². The monoisotopic (exact) mass is 547 g/mol. The number of aryl methyl sites for hydroxylation is 1. The highest BCUT2D eigenvalue weighted by Gasteiger charge is 2.21. The Morgan fingerprint density at radius 1 is 0.725 bits per heavy atom. The van der Waals surface area contributed by atoms with Gasteiger partial charge in [-0.15, -0.1) is 0 Å². The van der Waals surface area contributed by atoms with Crippen molar-refractivity contribution in [3.05, 3.63) is 86.1 Å².